The lowest BCUT2D eigenvalue weighted by Crippen LogP contribution is -2.32. The molecule has 1 aliphatic carbocycles. The molecule has 1 heterocycles. The molecule has 1 saturated carbocycles. The molecule has 2 aliphatic rings. The summed E-state index contributed by atoms with van der Waals surface area (Å²) in [4.78, 5) is 1.60. The second-order valence-electron chi connectivity index (χ2n) is 5.26. The summed E-state index contributed by atoms with van der Waals surface area (Å²) in [5.41, 5.74) is 1.68. The van der Waals surface area contributed by atoms with Crippen molar-refractivity contribution in [3.8, 4) is 0 Å². The molecule has 0 aromatic carbocycles. The van der Waals surface area contributed by atoms with Crippen molar-refractivity contribution in [3.63, 3.8) is 0 Å². The zero-order valence-corrected chi connectivity index (χ0v) is 10.0. The normalized spacial score (nSPS) is 45.2. The molecule has 13 heavy (non-hydrogen) atoms. The lowest BCUT2D eigenvalue weighted by molar-refractivity contribution is 0.348. The molecule has 0 N–H and O–H groups in total. The SMILES string of the molecule is BC1(C)CCCC2C(C)=C(C)SC21. The zero-order chi connectivity index (χ0) is 9.64. The first-order valence-electron chi connectivity index (χ1n) is 5.36. The topological polar surface area (TPSA) is 0 Å². The molecule has 2 heteroatoms. The molecule has 2 rings (SSSR count). The minimum absolute atomic E-state index is 0.562. The van der Waals surface area contributed by atoms with Crippen LogP contribution in [0.3, 0.4) is 0 Å². The van der Waals surface area contributed by atoms with Crippen LogP contribution in [0.1, 0.15) is 40.0 Å². The third kappa shape index (κ3) is 1.47. The number of hydrogen-bond donors (Lipinski definition) is 0. The van der Waals surface area contributed by atoms with Crippen LogP contribution in [0.15, 0.2) is 10.5 Å². The number of rotatable bonds is 0. The summed E-state index contributed by atoms with van der Waals surface area (Å²) in [7, 11) is 2.45. The monoisotopic (exact) mass is 194 g/mol. The average Bonchev–Trinajstić information content (AvgIpc) is 2.32. The molecule has 1 fully saturated rings. The Morgan fingerprint density at radius 3 is 2.77 bits per heavy atom. The lowest BCUT2D eigenvalue weighted by Gasteiger charge is -2.40. The quantitative estimate of drug-likeness (QED) is 0.534. The highest BCUT2D eigenvalue weighted by Crippen LogP contribution is 2.57. The molecular formula is C11H19BS. The standard InChI is InChI=1S/C11H19BS/c1-7-8(2)13-10-9(7)5-4-6-11(10,3)12/h9-10H,4-6,12H2,1-3H3. The smallest absolute Gasteiger partial charge is 0.110 e. The lowest BCUT2D eigenvalue weighted by atomic mass is 9.58. The van der Waals surface area contributed by atoms with E-state index in [0.29, 0.717) is 5.31 Å². The largest absolute Gasteiger partial charge is 0.127 e. The van der Waals surface area contributed by atoms with E-state index in [9.17, 15) is 0 Å². The fraction of sp³-hybridized carbons (Fsp3) is 0.818. The summed E-state index contributed by atoms with van der Waals surface area (Å²) >= 11 is 2.14. The van der Waals surface area contributed by atoms with Gasteiger partial charge < -0.3 is 0 Å². The molecule has 0 nitrogen and oxygen atoms in total. The maximum Gasteiger partial charge on any atom is 0.110 e. The van der Waals surface area contributed by atoms with E-state index in [1.54, 1.807) is 10.5 Å². The van der Waals surface area contributed by atoms with Gasteiger partial charge in [-0.2, -0.15) is 0 Å². The third-order valence-electron chi connectivity index (χ3n) is 3.89. The van der Waals surface area contributed by atoms with Crippen molar-refractivity contribution in [1.29, 1.82) is 0 Å². The van der Waals surface area contributed by atoms with Crippen molar-refractivity contribution in [2.24, 2.45) is 5.92 Å². The molecule has 0 saturated heterocycles. The van der Waals surface area contributed by atoms with Crippen LogP contribution in [0, 0.1) is 5.92 Å². The van der Waals surface area contributed by atoms with Crippen LogP contribution in [0.4, 0.5) is 0 Å². The van der Waals surface area contributed by atoms with E-state index in [2.05, 4.69) is 40.4 Å². The van der Waals surface area contributed by atoms with Gasteiger partial charge >= 0.3 is 0 Å². The van der Waals surface area contributed by atoms with Gasteiger partial charge in [0.1, 0.15) is 7.85 Å². The Morgan fingerprint density at radius 2 is 2.15 bits per heavy atom. The van der Waals surface area contributed by atoms with Gasteiger partial charge in [0.05, 0.1) is 0 Å². The molecule has 0 radical (unpaired) electrons. The Morgan fingerprint density at radius 1 is 1.46 bits per heavy atom. The van der Waals surface area contributed by atoms with Crippen molar-refractivity contribution in [2.45, 2.75) is 50.6 Å². The van der Waals surface area contributed by atoms with E-state index in [4.69, 9.17) is 0 Å². The van der Waals surface area contributed by atoms with Gasteiger partial charge in [-0.15, -0.1) is 11.8 Å². The van der Waals surface area contributed by atoms with Gasteiger partial charge in [-0.1, -0.05) is 25.3 Å². The molecule has 0 aromatic rings. The van der Waals surface area contributed by atoms with Crippen molar-refractivity contribution < 1.29 is 0 Å². The maximum atomic E-state index is 2.45. The Labute approximate surface area is 87.0 Å². The van der Waals surface area contributed by atoms with Crippen LogP contribution < -0.4 is 0 Å². The van der Waals surface area contributed by atoms with Crippen molar-refractivity contribution in [3.05, 3.63) is 10.5 Å². The van der Waals surface area contributed by atoms with E-state index in [1.807, 2.05) is 0 Å². The average molecular weight is 194 g/mol. The van der Waals surface area contributed by atoms with Gasteiger partial charge in [0.25, 0.3) is 0 Å². The second-order valence-corrected chi connectivity index (χ2v) is 6.62. The Hall–Kier alpha value is 0.155. The van der Waals surface area contributed by atoms with Crippen LogP contribution in [0.5, 0.6) is 0 Å². The molecule has 3 unspecified atom stereocenters. The molecule has 0 aromatic heterocycles. The first-order chi connectivity index (χ1) is 6.02. The minimum atomic E-state index is 0.562. The van der Waals surface area contributed by atoms with E-state index in [-0.39, 0.29) is 0 Å². The summed E-state index contributed by atoms with van der Waals surface area (Å²) in [6.45, 7) is 7.09. The van der Waals surface area contributed by atoms with Gasteiger partial charge in [0.2, 0.25) is 0 Å². The van der Waals surface area contributed by atoms with Crippen LogP contribution in [0.25, 0.3) is 0 Å². The molecule has 0 bridgehead atoms. The predicted octanol–water partition coefficient (Wildman–Crippen LogP) is 3.01. The van der Waals surface area contributed by atoms with Crippen molar-refractivity contribution in [1.82, 2.24) is 0 Å². The van der Waals surface area contributed by atoms with Gasteiger partial charge in [0.15, 0.2) is 0 Å². The van der Waals surface area contributed by atoms with Crippen LogP contribution >= 0.6 is 11.8 Å². The highest BCUT2D eigenvalue weighted by molar-refractivity contribution is 8.04. The van der Waals surface area contributed by atoms with Crippen LogP contribution in [0.2, 0.25) is 5.31 Å². The summed E-state index contributed by atoms with van der Waals surface area (Å²) in [6.07, 6.45) is 4.28. The van der Waals surface area contributed by atoms with E-state index in [0.717, 1.165) is 11.2 Å². The second kappa shape index (κ2) is 3.08. The fourth-order valence-electron chi connectivity index (χ4n) is 2.85. The van der Waals surface area contributed by atoms with Crippen LogP contribution in [-0.2, 0) is 0 Å². The predicted molar refractivity (Wildman–Crippen MR) is 64.0 cm³/mol. The highest BCUT2D eigenvalue weighted by atomic mass is 32.2. The van der Waals surface area contributed by atoms with E-state index >= 15 is 0 Å². The Balaban J connectivity index is 2.25. The Bertz CT molecular complexity index is 255. The first-order valence-corrected chi connectivity index (χ1v) is 6.24. The summed E-state index contributed by atoms with van der Waals surface area (Å²) in [5, 5.41) is 1.44. The Kier molecular flexibility index (Phi) is 2.30. The van der Waals surface area contributed by atoms with Crippen LogP contribution in [-0.4, -0.2) is 13.1 Å². The number of thioether (sulfide) groups is 1. The molecule has 0 amide bonds. The van der Waals surface area contributed by atoms with Gasteiger partial charge in [-0.05, 0) is 36.4 Å². The van der Waals surface area contributed by atoms with E-state index < -0.39 is 0 Å². The summed E-state index contributed by atoms with van der Waals surface area (Å²) < 4.78 is 0. The van der Waals surface area contributed by atoms with Crippen molar-refractivity contribution >= 4 is 19.6 Å². The number of hydrogen-bond acceptors (Lipinski definition) is 1. The molecule has 3 atom stereocenters. The summed E-state index contributed by atoms with van der Waals surface area (Å²) in [6, 6.07) is 0. The molecular weight excluding hydrogens is 175 g/mol. The number of fused-ring (bicyclic) bond motifs is 1. The highest BCUT2D eigenvalue weighted by Gasteiger charge is 2.43. The minimum Gasteiger partial charge on any atom is -0.127 e. The summed E-state index contributed by atoms with van der Waals surface area (Å²) in [5.74, 6) is 0.897. The van der Waals surface area contributed by atoms with Gasteiger partial charge in [-0.25, -0.2) is 0 Å². The molecule has 72 valence electrons. The third-order valence-corrected chi connectivity index (χ3v) is 5.78. The van der Waals surface area contributed by atoms with Gasteiger partial charge in [0, 0.05) is 5.25 Å². The van der Waals surface area contributed by atoms with Gasteiger partial charge in [-0.3, -0.25) is 0 Å². The molecule has 1 aliphatic heterocycles. The van der Waals surface area contributed by atoms with Crippen molar-refractivity contribution in [2.75, 3.05) is 0 Å². The fourth-order valence-corrected chi connectivity index (χ4v) is 4.51. The molecule has 0 spiro atoms. The maximum absolute atomic E-state index is 2.45. The number of allylic oxidation sites excluding steroid dienone is 2. The first kappa shape index (κ1) is 9.70. The van der Waals surface area contributed by atoms with E-state index in [1.165, 1.54) is 19.3 Å². The zero-order valence-electron chi connectivity index (χ0n) is 9.18.